The molecule has 1 fully saturated rings. The third-order valence-corrected chi connectivity index (χ3v) is 7.47. The molecular weight excluding hydrogens is 406 g/mol. The fourth-order valence-electron chi connectivity index (χ4n) is 3.67. The van der Waals surface area contributed by atoms with Crippen LogP contribution in [0.4, 0.5) is 11.4 Å². The minimum Gasteiger partial charge on any atom is -0.322 e. The summed E-state index contributed by atoms with van der Waals surface area (Å²) >= 11 is 0. The first kappa shape index (κ1) is 21.9. The van der Waals surface area contributed by atoms with Crippen molar-refractivity contribution in [2.75, 3.05) is 12.4 Å². The molecule has 2 aromatic rings. The van der Waals surface area contributed by atoms with Crippen LogP contribution in [0.15, 0.2) is 47.4 Å². The molecule has 0 radical (unpaired) electrons. The summed E-state index contributed by atoms with van der Waals surface area (Å²) in [7, 11) is -1.99. The Hall–Kier alpha value is -2.78. The van der Waals surface area contributed by atoms with Gasteiger partial charge < -0.3 is 5.32 Å². The third kappa shape index (κ3) is 4.68. The molecule has 1 N–H and O–H groups in total. The van der Waals surface area contributed by atoms with Crippen LogP contribution in [-0.2, 0) is 10.0 Å². The van der Waals surface area contributed by atoms with Gasteiger partial charge in [0, 0.05) is 36.0 Å². The normalized spacial score (nSPS) is 15.2. The standard InChI is InChI=1S/C21H25N3O5S/c1-15-8-9-16(14-20(15)24(26)27)21(25)22-17-10-12-19(13-11-17)30(28,29)23(2)18-6-4-3-5-7-18/h8-14,18H,3-7H2,1-2H3,(H,22,25). The van der Waals surface area contributed by atoms with Crippen molar-refractivity contribution in [3.8, 4) is 0 Å². The van der Waals surface area contributed by atoms with E-state index in [0.29, 0.717) is 11.3 Å². The predicted molar refractivity (Wildman–Crippen MR) is 114 cm³/mol. The van der Waals surface area contributed by atoms with Gasteiger partial charge in [0.05, 0.1) is 9.82 Å². The molecule has 1 saturated carbocycles. The summed E-state index contributed by atoms with van der Waals surface area (Å²) in [6.45, 7) is 1.60. The Bertz CT molecular complexity index is 1040. The zero-order valence-electron chi connectivity index (χ0n) is 17.0. The number of nitrogens with one attached hydrogen (secondary N) is 1. The van der Waals surface area contributed by atoms with Crippen molar-refractivity contribution in [2.45, 2.75) is 50.0 Å². The fourth-order valence-corrected chi connectivity index (χ4v) is 5.08. The molecule has 0 bridgehead atoms. The van der Waals surface area contributed by atoms with Gasteiger partial charge in [-0.25, -0.2) is 8.42 Å². The van der Waals surface area contributed by atoms with Gasteiger partial charge in [-0.3, -0.25) is 14.9 Å². The first-order valence-corrected chi connectivity index (χ1v) is 11.3. The summed E-state index contributed by atoms with van der Waals surface area (Å²) in [6, 6.07) is 10.2. The molecular formula is C21H25N3O5S. The number of carbonyl (C=O) groups excluding carboxylic acids is 1. The van der Waals surface area contributed by atoms with Gasteiger partial charge in [-0.15, -0.1) is 0 Å². The van der Waals surface area contributed by atoms with E-state index in [2.05, 4.69) is 5.32 Å². The quantitative estimate of drug-likeness (QED) is 0.547. The van der Waals surface area contributed by atoms with Crippen LogP contribution < -0.4 is 5.32 Å². The first-order valence-electron chi connectivity index (χ1n) is 9.84. The van der Waals surface area contributed by atoms with Crippen molar-refractivity contribution in [3.05, 3.63) is 63.7 Å². The van der Waals surface area contributed by atoms with E-state index in [0.717, 1.165) is 32.1 Å². The van der Waals surface area contributed by atoms with Crippen LogP contribution in [0.3, 0.4) is 0 Å². The number of hydrogen-bond acceptors (Lipinski definition) is 5. The average molecular weight is 432 g/mol. The van der Waals surface area contributed by atoms with E-state index in [1.807, 2.05) is 0 Å². The highest BCUT2D eigenvalue weighted by Gasteiger charge is 2.29. The van der Waals surface area contributed by atoms with Crippen molar-refractivity contribution >= 4 is 27.3 Å². The van der Waals surface area contributed by atoms with E-state index in [1.54, 1.807) is 14.0 Å². The maximum absolute atomic E-state index is 12.9. The smallest absolute Gasteiger partial charge is 0.273 e. The molecule has 0 atom stereocenters. The van der Waals surface area contributed by atoms with E-state index in [1.165, 1.54) is 46.8 Å². The van der Waals surface area contributed by atoms with Gasteiger partial charge in [0.2, 0.25) is 10.0 Å². The van der Waals surface area contributed by atoms with Crippen LogP contribution >= 0.6 is 0 Å². The molecule has 2 aromatic carbocycles. The van der Waals surface area contributed by atoms with Gasteiger partial charge in [0.25, 0.3) is 11.6 Å². The van der Waals surface area contributed by atoms with Crippen LogP contribution in [0.5, 0.6) is 0 Å². The topological polar surface area (TPSA) is 110 Å². The SMILES string of the molecule is Cc1ccc(C(=O)Nc2ccc(S(=O)(=O)N(C)C3CCCCC3)cc2)cc1[N+](=O)[O-]. The van der Waals surface area contributed by atoms with Gasteiger partial charge >= 0.3 is 0 Å². The molecule has 1 amide bonds. The summed E-state index contributed by atoms with van der Waals surface area (Å²) in [5, 5.41) is 13.7. The van der Waals surface area contributed by atoms with Crippen LogP contribution in [0.2, 0.25) is 0 Å². The number of benzene rings is 2. The number of anilines is 1. The highest BCUT2D eigenvalue weighted by Crippen LogP contribution is 2.27. The lowest BCUT2D eigenvalue weighted by atomic mass is 9.96. The second-order valence-corrected chi connectivity index (χ2v) is 9.55. The lowest BCUT2D eigenvalue weighted by Crippen LogP contribution is -2.38. The molecule has 3 rings (SSSR count). The van der Waals surface area contributed by atoms with Crippen molar-refractivity contribution in [2.24, 2.45) is 0 Å². The number of nitro groups is 1. The number of nitrogens with zero attached hydrogens (tertiary/aromatic N) is 2. The molecule has 1 aliphatic carbocycles. The van der Waals surface area contributed by atoms with Crippen molar-refractivity contribution < 1.29 is 18.1 Å². The predicted octanol–water partition coefficient (Wildman–Crippen LogP) is 4.11. The van der Waals surface area contributed by atoms with E-state index in [4.69, 9.17) is 0 Å². The lowest BCUT2D eigenvalue weighted by Gasteiger charge is -2.30. The molecule has 1 aliphatic rings. The third-order valence-electron chi connectivity index (χ3n) is 5.55. The zero-order chi connectivity index (χ0) is 21.9. The molecule has 8 nitrogen and oxygen atoms in total. The Morgan fingerprint density at radius 3 is 2.33 bits per heavy atom. The van der Waals surface area contributed by atoms with Crippen LogP contribution in [-0.4, -0.2) is 36.6 Å². The van der Waals surface area contributed by atoms with Gasteiger partial charge in [-0.2, -0.15) is 4.31 Å². The number of aryl methyl sites for hydroxylation is 1. The minimum atomic E-state index is -3.61. The van der Waals surface area contributed by atoms with Crippen LogP contribution in [0.25, 0.3) is 0 Å². The Morgan fingerprint density at radius 1 is 1.10 bits per heavy atom. The minimum absolute atomic E-state index is 0.0143. The Labute approximate surface area is 176 Å². The molecule has 0 saturated heterocycles. The van der Waals surface area contributed by atoms with E-state index >= 15 is 0 Å². The largest absolute Gasteiger partial charge is 0.322 e. The highest BCUT2D eigenvalue weighted by atomic mass is 32.2. The Balaban J connectivity index is 1.73. The number of sulfonamides is 1. The molecule has 0 heterocycles. The monoisotopic (exact) mass is 431 g/mol. The molecule has 160 valence electrons. The summed E-state index contributed by atoms with van der Waals surface area (Å²) < 4.78 is 27.2. The molecule has 0 spiro atoms. The molecule has 30 heavy (non-hydrogen) atoms. The van der Waals surface area contributed by atoms with Crippen LogP contribution in [0.1, 0.15) is 48.0 Å². The van der Waals surface area contributed by atoms with Crippen molar-refractivity contribution in [1.82, 2.24) is 4.31 Å². The maximum atomic E-state index is 12.9. The summed E-state index contributed by atoms with van der Waals surface area (Å²) in [4.78, 5) is 23.1. The lowest BCUT2D eigenvalue weighted by molar-refractivity contribution is -0.385. The van der Waals surface area contributed by atoms with E-state index in [9.17, 15) is 23.3 Å². The number of rotatable bonds is 6. The molecule has 0 unspecified atom stereocenters. The van der Waals surface area contributed by atoms with Gasteiger partial charge in [0.1, 0.15) is 0 Å². The van der Waals surface area contributed by atoms with Gasteiger partial charge in [-0.05, 0) is 50.1 Å². The number of hydrogen-bond donors (Lipinski definition) is 1. The fraction of sp³-hybridized carbons (Fsp3) is 0.381. The summed E-state index contributed by atoms with van der Waals surface area (Å²) in [5.74, 6) is -0.506. The second kappa shape index (κ2) is 8.93. The Morgan fingerprint density at radius 2 is 1.73 bits per heavy atom. The van der Waals surface area contributed by atoms with Gasteiger partial charge in [-0.1, -0.05) is 25.3 Å². The number of nitro benzene ring substituents is 1. The number of amides is 1. The summed E-state index contributed by atoms with van der Waals surface area (Å²) in [5.41, 5.74) is 0.895. The second-order valence-electron chi connectivity index (χ2n) is 7.55. The molecule has 0 aliphatic heterocycles. The van der Waals surface area contributed by atoms with E-state index in [-0.39, 0.29) is 22.2 Å². The summed E-state index contributed by atoms with van der Waals surface area (Å²) in [6.07, 6.45) is 4.95. The van der Waals surface area contributed by atoms with Crippen molar-refractivity contribution in [3.63, 3.8) is 0 Å². The van der Waals surface area contributed by atoms with E-state index < -0.39 is 20.9 Å². The Kier molecular flexibility index (Phi) is 6.52. The first-order chi connectivity index (χ1) is 14.2. The average Bonchev–Trinajstić information content (AvgIpc) is 2.74. The zero-order valence-corrected chi connectivity index (χ0v) is 17.8. The van der Waals surface area contributed by atoms with Crippen molar-refractivity contribution in [1.29, 1.82) is 0 Å². The molecule has 0 aromatic heterocycles. The maximum Gasteiger partial charge on any atom is 0.273 e. The van der Waals surface area contributed by atoms with Crippen LogP contribution in [0, 0.1) is 17.0 Å². The highest BCUT2D eigenvalue weighted by molar-refractivity contribution is 7.89. The number of carbonyl (C=O) groups is 1. The van der Waals surface area contributed by atoms with Gasteiger partial charge in [0.15, 0.2) is 0 Å². The molecule has 9 heteroatoms.